The summed E-state index contributed by atoms with van der Waals surface area (Å²) < 4.78 is 14.7. The van der Waals surface area contributed by atoms with Crippen LogP contribution in [0.15, 0.2) is 53.5 Å². The van der Waals surface area contributed by atoms with Crippen molar-refractivity contribution in [1.29, 1.82) is 0 Å². The van der Waals surface area contributed by atoms with Crippen molar-refractivity contribution in [3.63, 3.8) is 0 Å². The topological polar surface area (TPSA) is 104 Å². The van der Waals surface area contributed by atoms with E-state index in [1.54, 1.807) is 35.4 Å². The summed E-state index contributed by atoms with van der Waals surface area (Å²) in [5.41, 5.74) is 2.76. The molecule has 1 saturated carbocycles. The zero-order valence-corrected chi connectivity index (χ0v) is 19.1. The van der Waals surface area contributed by atoms with Crippen molar-refractivity contribution in [1.82, 2.24) is 25.1 Å². The largest absolute Gasteiger partial charge is 0.351 e. The lowest BCUT2D eigenvalue weighted by Gasteiger charge is -2.16. The summed E-state index contributed by atoms with van der Waals surface area (Å²) in [6.45, 7) is 2.81. The van der Waals surface area contributed by atoms with Crippen LogP contribution in [0.25, 0.3) is 10.8 Å². The van der Waals surface area contributed by atoms with Crippen LogP contribution in [0, 0.1) is 11.7 Å². The van der Waals surface area contributed by atoms with Crippen LogP contribution in [0.4, 0.5) is 10.3 Å². The minimum Gasteiger partial charge on any atom is -0.351 e. The lowest BCUT2D eigenvalue weighted by Crippen LogP contribution is -2.26. The van der Waals surface area contributed by atoms with Gasteiger partial charge in [0.25, 0.3) is 11.5 Å². The first-order chi connectivity index (χ1) is 17.0. The first-order valence-electron chi connectivity index (χ1n) is 11.6. The lowest BCUT2D eigenvalue weighted by atomic mass is 10.0. The Kier molecular flexibility index (Phi) is 5.05. The van der Waals surface area contributed by atoms with E-state index in [1.807, 2.05) is 12.1 Å². The second kappa shape index (κ2) is 8.26. The molecule has 8 nitrogen and oxygen atoms in total. The molecule has 2 aromatic heterocycles. The number of benzene rings is 2. The molecule has 4 aromatic rings. The van der Waals surface area contributed by atoms with Crippen molar-refractivity contribution in [2.24, 2.45) is 5.92 Å². The summed E-state index contributed by atoms with van der Waals surface area (Å²) in [4.78, 5) is 35.9. The Hall–Kier alpha value is -4.14. The highest BCUT2D eigenvalue weighted by molar-refractivity contribution is 5.95. The van der Waals surface area contributed by atoms with Gasteiger partial charge >= 0.3 is 0 Å². The molecule has 2 atom stereocenters. The van der Waals surface area contributed by atoms with Crippen molar-refractivity contribution >= 4 is 22.6 Å². The van der Waals surface area contributed by atoms with Crippen molar-refractivity contribution in [2.45, 2.75) is 38.9 Å². The number of hydrogen-bond acceptors (Lipinski definition) is 6. The molecule has 1 aliphatic heterocycles. The first kappa shape index (κ1) is 21.4. The molecular weight excluding hydrogens is 447 g/mol. The number of H-pyrrole nitrogens is 1. The molecule has 176 valence electrons. The normalized spacial score (nSPS) is 18.5. The smallest absolute Gasteiger partial charge is 0.272 e. The van der Waals surface area contributed by atoms with Gasteiger partial charge in [-0.3, -0.25) is 9.59 Å². The van der Waals surface area contributed by atoms with E-state index in [0.717, 1.165) is 28.6 Å². The highest BCUT2D eigenvalue weighted by Crippen LogP contribution is 2.32. The van der Waals surface area contributed by atoms with Crippen LogP contribution in [-0.4, -0.2) is 37.0 Å². The van der Waals surface area contributed by atoms with Crippen molar-refractivity contribution in [2.75, 3.05) is 5.32 Å². The molecule has 9 heteroatoms. The molecule has 3 heterocycles. The third-order valence-corrected chi connectivity index (χ3v) is 6.77. The molecule has 0 spiro atoms. The molecule has 2 N–H and O–H groups in total. The molecule has 0 saturated heterocycles. The number of anilines is 1. The summed E-state index contributed by atoms with van der Waals surface area (Å²) in [5.74, 6) is 0.211. The average molecular weight is 471 g/mol. The van der Waals surface area contributed by atoms with Crippen LogP contribution in [0.2, 0.25) is 0 Å². The molecule has 1 aliphatic carbocycles. The van der Waals surface area contributed by atoms with Gasteiger partial charge in [0.1, 0.15) is 5.82 Å². The van der Waals surface area contributed by atoms with E-state index >= 15 is 0 Å². The third-order valence-electron chi connectivity index (χ3n) is 6.77. The number of nitrogens with one attached hydrogen (secondary N) is 2. The number of hydrogen-bond donors (Lipinski definition) is 2. The maximum Gasteiger partial charge on any atom is 0.272 e. The minimum atomic E-state index is -0.579. The van der Waals surface area contributed by atoms with Gasteiger partial charge in [0.15, 0.2) is 0 Å². The Bertz CT molecular complexity index is 1530. The van der Waals surface area contributed by atoms with Gasteiger partial charge < -0.3 is 10.2 Å². The summed E-state index contributed by atoms with van der Waals surface area (Å²) in [6.07, 6.45) is 3.19. The number of carbonyl (C=O) groups is 1. The zero-order valence-electron chi connectivity index (χ0n) is 19.1. The van der Waals surface area contributed by atoms with Crippen LogP contribution >= 0.6 is 0 Å². The van der Waals surface area contributed by atoms with E-state index in [0.29, 0.717) is 48.5 Å². The van der Waals surface area contributed by atoms with Crippen molar-refractivity contribution < 1.29 is 9.18 Å². The highest BCUT2D eigenvalue weighted by atomic mass is 19.1. The zero-order chi connectivity index (χ0) is 24.1. The predicted molar refractivity (Wildman–Crippen MR) is 128 cm³/mol. The fourth-order valence-electron chi connectivity index (χ4n) is 4.57. The maximum atomic E-state index is 14.7. The monoisotopic (exact) mass is 470 g/mol. The van der Waals surface area contributed by atoms with Gasteiger partial charge in [-0.1, -0.05) is 31.2 Å². The molecular formula is C26H23FN6O2. The van der Waals surface area contributed by atoms with Gasteiger partial charge in [0, 0.05) is 36.2 Å². The predicted octanol–water partition coefficient (Wildman–Crippen LogP) is 3.42. The molecule has 0 bridgehead atoms. The molecule has 0 radical (unpaired) electrons. The van der Waals surface area contributed by atoms with E-state index in [9.17, 15) is 14.0 Å². The number of nitrogens with zero attached hydrogens (tertiary/aromatic N) is 4. The van der Waals surface area contributed by atoms with Gasteiger partial charge in [-0.2, -0.15) is 5.10 Å². The molecule has 1 fully saturated rings. The Morgan fingerprint density at radius 2 is 2.00 bits per heavy atom. The average Bonchev–Trinajstić information content (AvgIpc) is 3.38. The Balaban J connectivity index is 1.23. The summed E-state index contributed by atoms with van der Waals surface area (Å²) in [5, 5.41) is 11.3. The SMILES string of the molecule is C[C@H]1C[C@H]1Nc1ncc2c(n1)CN(C(=O)c1cc(Cc3n[nH]c(=O)c4ccccc34)ccc1F)C2. The van der Waals surface area contributed by atoms with E-state index < -0.39 is 11.7 Å². The van der Waals surface area contributed by atoms with Gasteiger partial charge in [0.2, 0.25) is 5.95 Å². The number of fused-ring (bicyclic) bond motifs is 2. The third kappa shape index (κ3) is 4.03. The van der Waals surface area contributed by atoms with E-state index in [4.69, 9.17) is 0 Å². The first-order valence-corrected chi connectivity index (χ1v) is 11.6. The summed E-state index contributed by atoms with van der Waals surface area (Å²) >= 11 is 0. The number of carbonyl (C=O) groups excluding carboxylic acids is 1. The number of halogens is 1. The number of aromatic amines is 1. The standard InChI is InChI=1S/C26H23FN6O2/c1-14-8-21(14)29-26-28-11-16-12-33(13-23(16)30-26)25(35)19-9-15(6-7-20(19)27)10-22-17-4-2-3-5-18(17)24(34)32-31-22/h2-7,9,11,14,21H,8,10,12-13H2,1H3,(H,32,34)(H,28,29,30)/t14-,21+/m0/s1. The number of amides is 1. The van der Waals surface area contributed by atoms with E-state index in [1.165, 1.54) is 6.07 Å². The molecule has 2 aliphatic rings. The van der Waals surface area contributed by atoms with Crippen LogP contribution in [0.1, 0.15) is 46.2 Å². The van der Waals surface area contributed by atoms with Crippen LogP contribution in [0.3, 0.4) is 0 Å². The quantitative estimate of drug-likeness (QED) is 0.463. The highest BCUT2D eigenvalue weighted by Gasteiger charge is 2.34. The van der Waals surface area contributed by atoms with E-state index in [-0.39, 0.29) is 11.1 Å². The van der Waals surface area contributed by atoms with Crippen molar-refractivity contribution in [3.05, 3.63) is 92.9 Å². The van der Waals surface area contributed by atoms with Gasteiger partial charge in [0.05, 0.1) is 28.9 Å². The fourth-order valence-corrected chi connectivity index (χ4v) is 4.57. The fraction of sp³-hybridized carbons (Fsp3) is 0.269. The summed E-state index contributed by atoms with van der Waals surface area (Å²) in [7, 11) is 0. The Labute approximate surface area is 200 Å². The molecule has 2 aromatic carbocycles. The van der Waals surface area contributed by atoms with Gasteiger partial charge in [-0.05, 0) is 36.1 Å². The van der Waals surface area contributed by atoms with Crippen molar-refractivity contribution in [3.8, 4) is 0 Å². The van der Waals surface area contributed by atoms with E-state index in [2.05, 4.69) is 32.4 Å². The summed E-state index contributed by atoms with van der Waals surface area (Å²) in [6, 6.07) is 12.1. The second-order valence-electron chi connectivity index (χ2n) is 9.33. The molecule has 35 heavy (non-hydrogen) atoms. The van der Waals surface area contributed by atoms with Gasteiger partial charge in [-0.15, -0.1) is 0 Å². The Morgan fingerprint density at radius 3 is 2.80 bits per heavy atom. The van der Waals surface area contributed by atoms with Crippen LogP contribution in [-0.2, 0) is 19.5 Å². The minimum absolute atomic E-state index is 0.00199. The second-order valence-corrected chi connectivity index (χ2v) is 9.33. The van der Waals surface area contributed by atoms with Crippen LogP contribution < -0.4 is 10.9 Å². The lowest BCUT2D eigenvalue weighted by molar-refractivity contribution is 0.0745. The number of rotatable bonds is 5. The molecule has 6 rings (SSSR count). The van der Waals surface area contributed by atoms with Gasteiger partial charge in [-0.25, -0.2) is 19.5 Å². The molecule has 1 amide bonds. The maximum absolute atomic E-state index is 14.7. The van der Waals surface area contributed by atoms with Crippen LogP contribution in [0.5, 0.6) is 0 Å². The molecule has 0 unspecified atom stereocenters. The Morgan fingerprint density at radius 1 is 1.20 bits per heavy atom. The number of aromatic nitrogens is 4.